The van der Waals surface area contributed by atoms with E-state index in [0.717, 1.165) is 0 Å². The summed E-state index contributed by atoms with van der Waals surface area (Å²) in [4.78, 5) is 0. The standard InChI is InChI=1S/ClH.Na.H2O4S.H2O2/c;;1-5(2,3)4;1-2/h1H;;(H2,1,2,3,4);1-2H/q;+1;;/p-1. The Morgan fingerprint density at radius 3 is 1.00 bits per heavy atom. The molecule has 0 fully saturated rings. The van der Waals surface area contributed by atoms with Crippen LogP contribution in [0.4, 0.5) is 0 Å². The van der Waals surface area contributed by atoms with Gasteiger partial charge in [0.25, 0.3) is 0 Å². The fourth-order valence-electron chi connectivity index (χ4n) is 0. The first kappa shape index (κ1) is 22.5. The summed E-state index contributed by atoms with van der Waals surface area (Å²) in [7, 11) is -4.67. The van der Waals surface area contributed by atoms with Gasteiger partial charge in [-0.25, -0.2) is 0 Å². The zero-order valence-corrected chi connectivity index (χ0v) is 7.96. The fourth-order valence-corrected chi connectivity index (χ4v) is 0. The normalized spacial score (nSPS) is 7.11. The summed E-state index contributed by atoms with van der Waals surface area (Å²) in [6.45, 7) is 0. The molecule has 0 spiro atoms. The number of hydrogen-bond acceptors (Lipinski definition) is 4. The van der Waals surface area contributed by atoms with Gasteiger partial charge < -0.3 is 12.4 Å². The van der Waals surface area contributed by atoms with Gasteiger partial charge in [-0.3, -0.25) is 19.6 Å². The van der Waals surface area contributed by atoms with Crippen LogP contribution in [-0.2, 0) is 10.4 Å². The van der Waals surface area contributed by atoms with E-state index in [0.29, 0.717) is 0 Å². The minimum absolute atomic E-state index is 0. The molecule has 0 aliphatic rings. The van der Waals surface area contributed by atoms with Gasteiger partial charge in [-0.05, 0) is 0 Å². The van der Waals surface area contributed by atoms with Crippen molar-refractivity contribution in [3.8, 4) is 0 Å². The van der Waals surface area contributed by atoms with Crippen molar-refractivity contribution in [3.05, 3.63) is 0 Å². The molecule has 4 N–H and O–H groups in total. The molecule has 0 saturated carbocycles. The van der Waals surface area contributed by atoms with E-state index >= 15 is 0 Å². The molecule has 0 atom stereocenters. The summed E-state index contributed by atoms with van der Waals surface area (Å²) in [5.41, 5.74) is 0. The Bertz CT molecular complexity index is 96.2. The van der Waals surface area contributed by atoms with E-state index in [-0.39, 0.29) is 42.0 Å². The Hall–Kier alpha value is 1.08. The third-order valence-corrected chi connectivity index (χ3v) is 0. The molecule has 0 aromatic rings. The van der Waals surface area contributed by atoms with Crippen LogP contribution in [0.2, 0.25) is 0 Å². The van der Waals surface area contributed by atoms with E-state index in [9.17, 15) is 0 Å². The summed E-state index contributed by atoms with van der Waals surface area (Å²) in [5, 5.41) is 12.0. The van der Waals surface area contributed by atoms with Crippen molar-refractivity contribution in [3.63, 3.8) is 0 Å². The second kappa shape index (κ2) is 11.8. The van der Waals surface area contributed by atoms with E-state index in [1.54, 1.807) is 0 Å². The van der Waals surface area contributed by atoms with Gasteiger partial charge in [-0.2, -0.15) is 8.42 Å². The smallest absolute Gasteiger partial charge is 1.00 e. The molecule has 0 aromatic heterocycles. The molecule has 0 saturated heterocycles. The summed E-state index contributed by atoms with van der Waals surface area (Å²) < 4.78 is 31.6. The third kappa shape index (κ3) is 390. The van der Waals surface area contributed by atoms with Crippen LogP contribution in [0.5, 0.6) is 0 Å². The molecule has 0 aliphatic carbocycles. The number of hydrogen-bond donors (Lipinski definition) is 4. The summed E-state index contributed by atoms with van der Waals surface area (Å²) in [6, 6.07) is 0. The second-order valence-corrected chi connectivity index (χ2v) is 1.34. The molecule has 0 unspecified atom stereocenters. The van der Waals surface area contributed by atoms with Crippen LogP contribution in [0.1, 0.15) is 0 Å². The fraction of sp³-hybridized carbons (Fsp3) is 0. The zero-order chi connectivity index (χ0) is 6.50. The summed E-state index contributed by atoms with van der Waals surface area (Å²) in [6.07, 6.45) is 0. The monoisotopic (exact) mass is 190 g/mol. The van der Waals surface area contributed by atoms with Crippen molar-refractivity contribution < 1.29 is 70.0 Å². The average molecular weight is 191 g/mol. The maximum atomic E-state index is 8.74. The quantitative estimate of drug-likeness (QED) is 0.131. The van der Waals surface area contributed by atoms with Crippen LogP contribution in [0.15, 0.2) is 0 Å². The van der Waals surface area contributed by atoms with Crippen LogP contribution < -0.4 is 42.0 Å². The molecular formula is H4ClNaO6S. The predicted octanol–water partition coefficient (Wildman–Crippen LogP) is -6.63. The van der Waals surface area contributed by atoms with Crippen molar-refractivity contribution in [2.24, 2.45) is 0 Å². The van der Waals surface area contributed by atoms with Gasteiger partial charge in [-0.15, -0.1) is 0 Å². The first-order valence-corrected chi connectivity index (χ1v) is 2.30. The van der Waals surface area contributed by atoms with Crippen LogP contribution >= 0.6 is 0 Å². The van der Waals surface area contributed by atoms with Gasteiger partial charge in [0.2, 0.25) is 0 Å². The summed E-state index contributed by atoms with van der Waals surface area (Å²) >= 11 is 0. The molecular weight excluding hydrogens is 187 g/mol. The van der Waals surface area contributed by atoms with Crippen LogP contribution in [0, 0.1) is 0 Å². The second-order valence-electron chi connectivity index (χ2n) is 0.448. The largest absolute Gasteiger partial charge is 1.00 e. The van der Waals surface area contributed by atoms with E-state index in [2.05, 4.69) is 0 Å². The Morgan fingerprint density at radius 2 is 1.00 bits per heavy atom. The van der Waals surface area contributed by atoms with Crippen molar-refractivity contribution in [1.82, 2.24) is 0 Å². The maximum absolute atomic E-state index is 8.74. The number of rotatable bonds is 0. The molecule has 0 rings (SSSR count). The Morgan fingerprint density at radius 1 is 1.00 bits per heavy atom. The third-order valence-electron chi connectivity index (χ3n) is 0. The van der Waals surface area contributed by atoms with Crippen molar-refractivity contribution in [1.29, 1.82) is 0 Å². The van der Waals surface area contributed by atoms with Gasteiger partial charge in [-0.1, -0.05) is 0 Å². The molecule has 6 nitrogen and oxygen atoms in total. The molecule has 0 radical (unpaired) electrons. The van der Waals surface area contributed by atoms with Gasteiger partial charge in [0, 0.05) is 0 Å². The Balaban J connectivity index is -0.0000000286. The van der Waals surface area contributed by atoms with E-state index in [1.807, 2.05) is 0 Å². The molecule has 0 aromatic carbocycles. The zero-order valence-electron chi connectivity index (χ0n) is 4.39. The molecule has 0 amide bonds. The van der Waals surface area contributed by atoms with Crippen LogP contribution in [0.3, 0.4) is 0 Å². The van der Waals surface area contributed by atoms with Crippen molar-refractivity contribution in [2.45, 2.75) is 0 Å². The Labute approximate surface area is 80.1 Å². The minimum Gasteiger partial charge on any atom is -1.00 e. The van der Waals surface area contributed by atoms with Crippen LogP contribution in [-0.4, -0.2) is 28.0 Å². The van der Waals surface area contributed by atoms with Crippen LogP contribution in [0.25, 0.3) is 0 Å². The molecule has 9 heavy (non-hydrogen) atoms. The first-order valence-electron chi connectivity index (χ1n) is 0.898. The predicted molar refractivity (Wildman–Crippen MR) is 19.4 cm³/mol. The van der Waals surface area contributed by atoms with Crippen molar-refractivity contribution >= 4 is 10.4 Å². The van der Waals surface area contributed by atoms with Gasteiger partial charge in [0.1, 0.15) is 0 Å². The van der Waals surface area contributed by atoms with Gasteiger partial charge in [0.05, 0.1) is 0 Å². The minimum atomic E-state index is -4.67. The van der Waals surface area contributed by atoms with Crippen molar-refractivity contribution in [2.75, 3.05) is 0 Å². The average Bonchev–Trinajstić information content (AvgIpc) is 1.36. The molecule has 0 bridgehead atoms. The summed E-state index contributed by atoms with van der Waals surface area (Å²) in [5.74, 6) is 0. The maximum Gasteiger partial charge on any atom is 1.00 e. The van der Waals surface area contributed by atoms with Gasteiger partial charge >= 0.3 is 40.0 Å². The first-order chi connectivity index (χ1) is 3.00. The van der Waals surface area contributed by atoms with E-state index < -0.39 is 10.4 Å². The molecule has 54 valence electrons. The SMILES string of the molecule is O=S(=O)(O)O.OO.[Cl-].[Na+]. The molecule has 9 heteroatoms. The topological polar surface area (TPSA) is 115 Å². The van der Waals surface area contributed by atoms with E-state index in [1.165, 1.54) is 0 Å². The number of halogens is 1. The van der Waals surface area contributed by atoms with E-state index in [4.69, 9.17) is 28.0 Å². The molecule has 0 aliphatic heterocycles. The molecule has 0 heterocycles. The Kier molecular flexibility index (Phi) is 29.5. The van der Waals surface area contributed by atoms with Gasteiger partial charge in [0.15, 0.2) is 0 Å².